The summed E-state index contributed by atoms with van der Waals surface area (Å²) in [6.07, 6.45) is 0. The van der Waals surface area contributed by atoms with E-state index in [2.05, 4.69) is 34.1 Å². The number of nitrogens with two attached hydrogens (primary N) is 1. The highest BCUT2D eigenvalue weighted by atomic mass is 19.1. The zero-order chi connectivity index (χ0) is 13.9. The van der Waals surface area contributed by atoms with Crippen LogP contribution in [0.5, 0.6) is 0 Å². The molecule has 0 bridgehead atoms. The van der Waals surface area contributed by atoms with Gasteiger partial charge >= 0.3 is 0 Å². The van der Waals surface area contributed by atoms with Gasteiger partial charge in [0.25, 0.3) is 0 Å². The first-order valence-corrected chi connectivity index (χ1v) is 6.83. The molecule has 0 radical (unpaired) electrons. The second-order valence-corrected chi connectivity index (χ2v) is 5.05. The predicted octanol–water partition coefficient (Wildman–Crippen LogP) is 2.73. The van der Waals surface area contributed by atoms with Gasteiger partial charge in [0.1, 0.15) is 5.82 Å². The first kappa shape index (κ1) is 12.8. The maximum Gasteiger partial charge on any atom is 0.127 e. The van der Waals surface area contributed by atoms with E-state index in [1.54, 1.807) is 6.07 Å². The maximum absolute atomic E-state index is 13.4. The molecule has 0 aromatic heterocycles. The summed E-state index contributed by atoms with van der Waals surface area (Å²) < 4.78 is 13.4. The van der Waals surface area contributed by atoms with Crippen molar-refractivity contribution in [2.45, 2.75) is 0 Å². The Labute approximate surface area is 118 Å². The Morgan fingerprint density at radius 3 is 2.00 bits per heavy atom. The minimum atomic E-state index is -0.273. The van der Waals surface area contributed by atoms with Gasteiger partial charge in [-0.1, -0.05) is 18.2 Å². The van der Waals surface area contributed by atoms with E-state index in [9.17, 15) is 4.39 Å². The van der Waals surface area contributed by atoms with Crippen LogP contribution >= 0.6 is 0 Å². The first-order chi connectivity index (χ1) is 9.72. The highest BCUT2D eigenvalue weighted by Gasteiger charge is 2.18. The Balaban J connectivity index is 1.69. The summed E-state index contributed by atoms with van der Waals surface area (Å²) >= 11 is 0. The second-order valence-electron chi connectivity index (χ2n) is 5.05. The molecule has 1 fully saturated rings. The Bertz CT molecular complexity index is 557. The van der Waals surface area contributed by atoms with E-state index in [4.69, 9.17) is 5.73 Å². The fourth-order valence-electron chi connectivity index (χ4n) is 2.64. The molecule has 1 aliphatic heterocycles. The number of rotatable bonds is 2. The van der Waals surface area contributed by atoms with Crippen molar-refractivity contribution in [1.29, 1.82) is 0 Å². The minimum absolute atomic E-state index is 0.273. The SMILES string of the molecule is Nc1cc(F)cc(N2CCN(c3ccccc3)CC2)c1. The Kier molecular flexibility index (Phi) is 3.46. The molecule has 1 aliphatic rings. The van der Waals surface area contributed by atoms with E-state index in [0.29, 0.717) is 5.69 Å². The minimum Gasteiger partial charge on any atom is -0.399 e. The molecule has 0 amide bonds. The lowest BCUT2D eigenvalue weighted by molar-refractivity contribution is 0.621. The molecule has 0 unspecified atom stereocenters. The Morgan fingerprint density at radius 1 is 0.800 bits per heavy atom. The van der Waals surface area contributed by atoms with E-state index >= 15 is 0 Å². The van der Waals surface area contributed by atoms with Crippen molar-refractivity contribution in [1.82, 2.24) is 0 Å². The average molecular weight is 271 g/mol. The first-order valence-electron chi connectivity index (χ1n) is 6.83. The summed E-state index contributed by atoms with van der Waals surface area (Å²) in [4.78, 5) is 4.53. The van der Waals surface area contributed by atoms with Gasteiger partial charge in [-0.25, -0.2) is 4.39 Å². The third-order valence-corrected chi connectivity index (χ3v) is 3.67. The summed E-state index contributed by atoms with van der Waals surface area (Å²) in [5.74, 6) is -0.273. The van der Waals surface area contributed by atoms with Gasteiger partial charge in [0, 0.05) is 43.2 Å². The smallest absolute Gasteiger partial charge is 0.127 e. The third-order valence-electron chi connectivity index (χ3n) is 3.67. The number of nitrogen functional groups attached to an aromatic ring is 1. The summed E-state index contributed by atoms with van der Waals surface area (Å²) in [5, 5.41) is 0. The normalized spacial score (nSPS) is 15.4. The van der Waals surface area contributed by atoms with E-state index < -0.39 is 0 Å². The van der Waals surface area contributed by atoms with Gasteiger partial charge in [-0.15, -0.1) is 0 Å². The molecule has 2 aromatic rings. The molecule has 0 spiro atoms. The van der Waals surface area contributed by atoms with Crippen molar-refractivity contribution in [2.24, 2.45) is 0 Å². The molecular weight excluding hydrogens is 253 g/mol. The number of benzene rings is 2. The van der Waals surface area contributed by atoms with Gasteiger partial charge in [-0.05, 0) is 30.3 Å². The van der Waals surface area contributed by atoms with Gasteiger partial charge in [0.2, 0.25) is 0 Å². The summed E-state index contributed by atoms with van der Waals surface area (Å²) in [6.45, 7) is 3.61. The van der Waals surface area contributed by atoms with E-state index in [1.165, 1.54) is 11.8 Å². The van der Waals surface area contributed by atoms with Crippen LogP contribution in [0, 0.1) is 5.82 Å². The number of nitrogens with zero attached hydrogens (tertiary/aromatic N) is 2. The van der Waals surface area contributed by atoms with Crippen molar-refractivity contribution in [2.75, 3.05) is 41.7 Å². The number of para-hydroxylation sites is 1. The van der Waals surface area contributed by atoms with Crippen molar-refractivity contribution < 1.29 is 4.39 Å². The van der Waals surface area contributed by atoms with Crippen molar-refractivity contribution in [3.05, 3.63) is 54.3 Å². The van der Waals surface area contributed by atoms with Crippen LogP contribution in [0.15, 0.2) is 48.5 Å². The van der Waals surface area contributed by atoms with Gasteiger partial charge in [-0.3, -0.25) is 0 Å². The molecule has 4 heteroatoms. The van der Waals surface area contributed by atoms with Crippen LogP contribution in [0.25, 0.3) is 0 Å². The highest BCUT2D eigenvalue weighted by molar-refractivity contribution is 5.58. The predicted molar refractivity (Wildman–Crippen MR) is 81.7 cm³/mol. The molecule has 1 heterocycles. The zero-order valence-corrected chi connectivity index (χ0v) is 11.3. The van der Waals surface area contributed by atoms with Crippen LogP contribution in [0.2, 0.25) is 0 Å². The molecule has 3 rings (SSSR count). The molecule has 2 aromatic carbocycles. The molecule has 20 heavy (non-hydrogen) atoms. The van der Waals surface area contributed by atoms with Crippen LogP contribution < -0.4 is 15.5 Å². The molecule has 0 saturated carbocycles. The van der Waals surface area contributed by atoms with E-state index in [0.717, 1.165) is 31.9 Å². The van der Waals surface area contributed by atoms with Crippen LogP contribution in [0.3, 0.4) is 0 Å². The largest absolute Gasteiger partial charge is 0.399 e. The summed E-state index contributed by atoms with van der Waals surface area (Å²) in [7, 11) is 0. The maximum atomic E-state index is 13.4. The molecule has 2 N–H and O–H groups in total. The van der Waals surface area contributed by atoms with Gasteiger partial charge in [0.15, 0.2) is 0 Å². The number of hydrogen-bond acceptors (Lipinski definition) is 3. The molecule has 0 atom stereocenters. The number of hydrogen-bond donors (Lipinski definition) is 1. The summed E-state index contributed by atoms with van der Waals surface area (Å²) in [6, 6.07) is 15.1. The molecule has 104 valence electrons. The average Bonchev–Trinajstić information content (AvgIpc) is 2.47. The number of anilines is 3. The third kappa shape index (κ3) is 2.69. The number of halogens is 1. The van der Waals surface area contributed by atoms with Crippen molar-refractivity contribution in [3.63, 3.8) is 0 Å². The zero-order valence-electron chi connectivity index (χ0n) is 11.3. The van der Waals surface area contributed by atoms with E-state index in [-0.39, 0.29) is 5.82 Å². The monoisotopic (exact) mass is 271 g/mol. The fourth-order valence-corrected chi connectivity index (χ4v) is 2.64. The quantitative estimate of drug-likeness (QED) is 0.852. The van der Waals surface area contributed by atoms with Crippen LogP contribution in [-0.4, -0.2) is 26.2 Å². The van der Waals surface area contributed by atoms with Crippen LogP contribution in [-0.2, 0) is 0 Å². The van der Waals surface area contributed by atoms with Gasteiger partial charge < -0.3 is 15.5 Å². The number of piperazine rings is 1. The van der Waals surface area contributed by atoms with Gasteiger partial charge in [0.05, 0.1) is 0 Å². The lowest BCUT2D eigenvalue weighted by Crippen LogP contribution is -2.46. The van der Waals surface area contributed by atoms with Crippen LogP contribution in [0.1, 0.15) is 0 Å². The Hall–Kier alpha value is -2.23. The molecule has 0 aliphatic carbocycles. The van der Waals surface area contributed by atoms with Gasteiger partial charge in [-0.2, -0.15) is 0 Å². The lowest BCUT2D eigenvalue weighted by atomic mass is 10.2. The van der Waals surface area contributed by atoms with Crippen molar-refractivity contribution >= 4 is 17.1 Å². The standard InChI is InChI=1S/C16H18FN3/c17-13-10-14(18)12-16(11-13)20-8-6-19(7-9-20)15-4-2-1-3-5-15/h1-5,10-12H,6-9,18H2. The Morgan fingerprint density at radius 2 is 1.40 bits per heavy atom. The highest BCUT2D eigenvalue weighted by Crippen LogP contribution is 2.23. The van der Waals surface area contributed by atoms with E-state index in [1.807, 2.05) is 12.1 Å². The fraction of sp³-hybridized carbons (Fsp3) is 0.250. The topological polar surface area (TPSA) is 32.5 Å². The second kappa shape index (κ2) is 5.41. The van der Waals surface area contributed by atoms with Crippen LogP contribution in [0.4, 0.5) is 21.5 Å². The molecule has 3 nitrogen and oxygen atoms in total. The van der Waals surface area contributed by atoms with Crippen molar-refractivity contribution in [3.8, 4) is 0 Å². The molecular formula is C16H18FN3. The summed E-state index contributed by atoms with van der Waals surface area (Å²) in [5.41, 5.74) is 8.30. The molecule has 1 saturated heterocycles. The lowest BCUT2D eigenvalue weighted by Gasteiger charge is -2.37.